The zero-order valence-electron chi connectivity index (χ0n) is 11.9. The molecule has 1 saturated heterocycles. The van der Waals surface area contributed by atoms with Crippen molar-refractivity contribution in [3.05, 3.63) is 40.7 Å². The van der Waals surface area contributed by atoms with Gasteiger partial charge in [0.1, 0.15) is 0 Å². The molecule has 0 bridgehead atoms. The van der Waals surface area contributed by atoms with Gasteiger partial charge < -0.3 is 15.2 Å². The molecule has 4 nitrogen and oxygen atoms in total. The first kappa shape index (κ1) is 13.2. The fourth-order valence-electron chi connectivity index (χ4n) is 2.94. The van der Waals surface area contributed by atoms with Crippen molar-refractivity contribution in [2.75, 3.05) is 24.5 Å². The monoisotopic (exact) mass is 271 g/mol. The second-order valence-corrected chi connectivity index (χ2v) is 5.48. The Balaban J connectivity index is 1.87. The van der Waals surface area contributed by atoms with Crippen LogP contribution in [0, 0.1) is 0 Å². The second kappa shape index (κ2) is 5.67. The summed E-state index contributed by atoms with van der Waals surface area (Å²) in [6.45, 7) is 5.30. The van der Waals surface area contributed by atoms with Crippen LogP contribution in [0.3, 0.4) is 0 Å². The van der Waals surface area contributed by atoms with Crippen LogP contribution in [0.4, 0.5) is 5.69 Å². The van der Waals surface area contributed by atoms with Gasteiger partial charge in [0.05, 0.1) is 5.52 Å². The highest BCUT2D eigenvalue weighted by Crippen LogP contribution is 2.21. The summed E-state index contributed by atoms with van der Waals surface area (Å²) < 4.78 is 0. The summed E-state index contributed by atoms with van der Waals surface area (Å²) in [7, 11) is 0. The molecule has 2 heterocycles. The van der Waals surface area contributed by atoms with E-state index in [0.717, 1.165) is 30.5 Å². The standard InChI is InChI=1S/C16H21N3O/c1-2-3-13-11-19(9-8-17-13)14-6-4-12-5-7-16(20)18-15(12)10-14/h4-7,10,13,17H,2-3,8-9,11H2,1H3,(H,18,20). The molecule has 0 saturated carbocycles. The molecule has 1 aliphatic heterocycles. The van der Waals surface area contributed by atoms with Crippen molar-refractivity contribution >= 4 is 16.6 Å². The molecule has 106 valence electrons. The van der Waals surface area contributed by atoms with E-state index < -0.39 is 0 Å². The fourth-order valence-corrected chi connectivity index (χ4v) is 2.94. The average molecular weight is 271 g/mol. The molecule has 0 aliphatic carbocycles. The highest BCUT2D eigenvalue weighted by Gasteiger charge is 2.18. The number of nitrogens with zero attached hydrogens (tertiary/aromatic N) is 1. The zero-order chi connectivity index (χ0) is 13.9. The summed E-state index contributed by atoms with van der Waals surface area (Å²) in [6.07, 6.45) is 2.41. The van der Waals surface area contributed by atoms with Crippen molar-refractivity contribution in [1.29, 1.82) is 0 Å². The Bertz CT molecular complexity index is 647. The minimum absolute atomic E-state index is 0.0428. The molecule has 4 heteroatoms. The van der Waals surface area contributed by atoms with Crippen LogP contribution in [-0.2, 0) is 0 Å². The summed E-state index contributed by atoms with van der Waals surface area (Å²) in [5.74, 6) is 0. The van der Waals surface area contributed by atoms with E-state index in [0.29, 0.717) is 6.04 Å². The van der Waals surface area contributed by atoms with Crippen molar-refractivity contribution in [2.45, 2.75) is 25.8 Å². The first-order chi connectivity index (χ1) is 9.76. The third-order valence-corrected chi connectivity index (χ3v) is 3.97. The van der Waals surface area contributed by atoms with E-state index in [1.807, 2.05) is 6.07 Å². The van der Waals surface area contributed by atoms with E-state index in [9.17, 15) is 4.79 Å². The smallest absolute Gasteiger partial charge is 0.248 e. The van der Waals surface area contributed by atoms with Crippen LogP contribution in [0.15, 0.2) is 35.1 Å². The van der Waals surface area contributed by atoms with Crippen LogP contribution in [-0.4, -0.2) is 30.7 Å². The van der Waals surface area contributed by atoms with Crippen LogP contribution in [0.2, 0.25) is 0 Å². The van der Waals surface area contributed by atoms with Crippen molar-refractivity contribution in [3.63, 3.8) is 0 Å². The van der Waals surface area contributed by atoms with E-state index in [4.69, 9.17) is 0 Å². The Morgan fingerprint density at radius 2 is 2.15 bits per heavy atom. The van der Waals surface area contributed by atoms with Crippen molar-refractivity contribution in [2.24, 2.45) is 0 Å². The second-order valence-electron chi connectivity index (χ2n) is 5.48. The average Bonchev–Trinajstić information content (AvgIpc) is 2.47. The maximum absolute atomic E-state index is 11.4. The van der Waals surface area contributed by atoms with Gasteiger partial charge in [0, 0.05) is 37.4 Å². The lowest BCUT2D eigenvalue weighted by Crippen LogP contribution is -2.50. The highest BCUT2D eigenvalue weighted by molar-refractivity contribution is 5.82. The van der Waals surface area contributed by atoms with Crippen molar-refractivity contribution in [1.82, 2.24) is 10.3 Å². The Morgan fingerprint density at radius 3 is 3.00 bits per heavy atom. The molecule has 1 unspecified atom stereocenters. The molecular formula is C16H21N3O. The number of rotatable bonds is 3. The van der Waals surface area contributed by atoms with Gasteiger partial charge in [0.2, 0.25) is 5.56 Å². The van der Waals surface area contributed by atoms with Crippen LogP contribution in [0.1, 0.15) is 19.8 Å². The van der Waals surface area contributed by atoms with Crippen LogP contribution in [0.25, 0.3) is 10.9 Å². The highest BCUT2D eigenvalue weighted by atomic mass is 16.1. The Morgan fingerprint density at radius 1 is 1.30 bits per heavy atom. The number of fused-ring (bicyclic) bond motifs is 1. The van der Waals surface area contributed by atoms with Gasteiger partial charge in [-0.3, -0.25) is 4.79 Å². The third-order valence-electron chi connectivity index (χ3n) is 3.97. The molecule has 1 aliphatic rings. The molecule has 3 rings (SSSR count). The third kappa shape index (κ3) is 2.70. The normalized spacial score (nSPS) is 19.4. The largest absolute Gasteiger partial charge is 0.369 e. The van der Waals surface area contributed by atoms with E-state index in [1.54, 1.807) is 6.07 Å². The number of benzene rings is 1. The van der Waals surface area contributed by atoms with E-state index in [1.165, 1.54) is 18.5 Å². The lowest BCUT2D eigenvalue weighted by Gasteiger charge is -2.35. The lowest BCUT2D eigenvalue weighted by molar-refractivity contribution is 0.431. The number of anilines is 1. The maximum Gasteiger partial charge on any atom is 0.248 e. The molecular weight excluding hydrogens is 250 g/mol. The predicted octanol–water partition coefficient (Wildman–Crippen LogP) is 2.11. The molecule has 0 amide bonds. The molecule has 20 heavy (non-hydrogen) atoms. The minimum Gasteiger partial charge on any atom is -0.369 e. The predicted molar refractivity (Wildman–Crippen MR) is 83.5 cm³/mol. The topological polar surface area (TPSA) is 48.1 Å². The van der Waals surface area contributed by atoms with Gasteiger partial charge in [0.25, 0.3) is 0 Å². The van der Waals surface area contributed by atoms with Crippen molar-refractivity contribution < 1.29 is 0 Å². The van der Waals surface area contributed by atoms with Gasteiger partial charge in [0.15, 0.2) is 0 Å². The number of piperazine rings is 1. The number of aromatic amines is 1. The van der Waals surface area contributed by atoms with Gasteiger partial charge in [-0.15, -0.1) is 0 Å². The SMILES string of the molecule is CCCC1CN(c2ccc3ccc(=O)[nH]c3c2)CCN1. The number of pyridine rings is 1. The quantitative estimate of drug-likeness (QED) is 0.899. The van der Waals surface area contributed by atoms with Gasteiger partial charge in [-0.1, -0.05) is 19.4 Å². The summed E-state index contributed by atoms with van der Waals surface area (Å²) >= 11 is 0. The van der Waals surface area contributed by atoms with E-state index in [2.05, 4.69) is 40.3 Å². The fraction of sp³-hybridized carbons (Fsp3) is 0.438. The number of nitrogens with one attached hydrogen (secondary N) is 2. The molecule has 2 N–H and O–H groups in total. The molecule has 1 atom stereocenters. The van der Waals surface area contributed by atoms with E-state index in [-0.39, 0.29) is 5.56 Å². The zero-order valence-corrected chi connectivity index (χ0v) is 11.9. The maximum atomic E-state index is 11.4. The molecule has 1 aromatic carbocycles. The molecule has 2 aromatic rings. The van der Waals surface area contributed by atoms with Gasteiger partial charge in [-0.2, -0.15) is 0 Å². The minimum atomic E-state index is -0.0428. The van der Waals surface area contributed by atoms with E-state index >= 15 is 0 Å². The summed E-state index contributed by atoms with van der Waals surface area (Å²) in [4.78, 5) is 16.7. The van der Waals surface area contributed by atoms with Crippen LogP contribution in [0.5, 0.6) is 0 Å². The van der Waals surface area contributed by atoms with Crippen LogP contribution < -0.4 is 15.8 Å². The first-order valence-electron chi connectivity index (χ1n) is 7.37. The Labute approximate surface area is 118 Å². The number of H-pyrrole nitrogens is 1. The van der Waals surface area contributed by atoms with Crippen LogP contribution >= 0.6 is 0 Å². The molecule has 0 spiro atoms. The number of aromatic nitrogens is 1. The molecule has 0 radical (unpaired) electrons. The van der Waals surface area contributed by atoms with Gasteiger partial charge >= 0.3 is 0 Å². The summed E-state index contributed by atoms with van der Waals surface area (Å²) in [5, 5.41) is 4.64. The summed E-state index contributed by atoms with van der Waals surface area (Å²) in [6, 6.07) is 10.3. The van der Waals surface area contributed by atoms with Gasteiger partial charge in [-0.05, 0) is 30.0 Å². The summed E-state index contributed by atoms with van der Waals surface area (Å²) in [5.41, 5.74) is 2.07. The first-order valence-corrected chi connectivity index (χ1v) is 7.37. The molecule has 1 fully saturated rings. The lowest BCUT2D eigenvalue weighted by atomic mass is 10.1. The molecule has 1 aromatic heterocycles. The number of hydrogen-bond acceptors (Lipinski definition) is 3. The Kier molecular flexibility index (Phi) is 3.74. The number of hydrogen-bond donors (Lipinski definition) is 2. The Hall–Kier alpha value is -1.81. The van der Waals surface area contributed by atoms with Gasteiger partial charge in [-0.25, -0.2) is 0 Å². The van der Waals surface area contributed by atoms with Crippen molar-refractivity contribution in [3.8, 4) is 0 Å².